The molecule has 17 heavy (non-hydrogen) atoms. The van der Waals surface area contributed by atoms with Crippen LogP contribution in [-0.4, -0.2) is 27.2 Å². The zero-order chi connectivity index (χ0) is 12.1. The van der Waals surface area contributed by atoms with E-state index >= 15 is 0 Å². The number of nitrogens with zero attached hydrogens (tertiary/aromatic N) is 3. The first-order chi connectivity index (χ1) is 8.25. The number of carbonyl (C=O) groups is 1. The predicted octanol–water partition coefficient (Wildman–Crippen LogP) is 0.788. The van der Waals surface area contributed by atoms with Crippen LogP contribution in [0.25, 0.3) is 0 Å². The second kappa shape index (κ2) is 5.25. The van der Waals surface area contributed by atoms with Crippen molar-refractivity contribution in [1.82, 2.24) is 20.1 Å². The van der Waals surface area contributed by atoms with E-state index in [1.165, 1.54) is 0 Å². The van der Waals surface area contributed by atoms with Gasteiger partial charge in [0.05, 0.1) is 6.20 Å². The molecule has 0 aliphatic heterocycles. The molecule has 0 aliphatic carbocycles. The van der Waals surface area contributed by atoms with Crippen LogP contribution in [0, 0.1) is 0 Å². The Balaban J connectivity index is 1.81. The van der Waals surface area contributed by atoms with Gasteiger partial charge >= 0.3 is 0 Å². The van der Waals surface area contributed by atoms with Gasteiger partial charge in [-0.05, 0) is 24.1 Å². The van der Waals surface area contributed by atoms with Crippen molar-refractivity contribution in [3.05, 3.63) is 48.0 Å². The molecule has 1 amide bonds. The first-order valence-electron chi connectivity index (χ1n) is 5.42. The molecular weight excluding hydrogens is 216 g/mol. The van der Waals surface area contributed by atoms with Crippen molar-refractivity contribution in [2.45, 2.75) is 6.42 Å². The maximum atomic E-state index is 11.6. The molecule has 88 valence electrons. The van der Waals surface area contributed by atoms with Gasteiger partial charge in [-0.15, -0.1) is 0 Å². The van der Waals surface area contributed by atoms with Crippen LogP contribution < -0.4 is 5.32 Å². The molecule has 2 rings (SSSR count). The van der Waals surface area contributed by atoms with Gasteiger partial charge in [0.15, 0.2) is 0 Å². The van der Waals surface area contributed by atoms with Crippen LogP contribution in [0.15, 0.2) is 36.8 Å². The van der Waals surface area contributed by atoms with E-state index in [4.69, 9.17) is 0 Å². The Bertz CT molecular complexity index is 492. The largest absolute Gasteiger partial charge is 0.350 e. The summed E-state index contributed by atoms with van der Waals surface area (Å²) in [5.74, 6) is -0.144. The Morgan fingerprint density at radius 1 is 1.47 bits per heavy atom. The average Bonchev–Trinajstić information content (AvgIpc) is 2.76. The van der Waals surface area contributed by atoms with Crippen LogP contribution >= 0.6 is 0 Å². The van der Waals surface area contributed by atoms with Crippen LogP contribution in [0.3, 0.4) is 0 Å². The zero-order valence-electron chi connectivity index (χ0n) is 9.63. The van der Waals surface area contributed by atoms with Gasteiger partial charge in [0, 0.05) is 26.0 Å². The maximum Gasteiger partial charge on any atom is 0.269 e. The lowest BCUT2D eigenvalue weighted by Gasteiger charge is -2.02. The number of carbonyl (C=O) groups excluding carboxylic acids is 1. The second-order valence-corrected chi connectivity index (χ2v) is 3.74. The number of aryl methyl sites for hydroxylation is 1. The van der Waals surface area contributed by atoms with E-state index < -0.39 is 0 Å². The fourth-order valence-corrected chi connectivity index (χ4v) is 1.51. The van der Waals surface area contributed by atoms with Crippen molar-refractivity contribution in [1.29, 1.82) is 0 Å². The van der Waals surface area contributed by atoms with Crippen molar-refractivity contribution < 1.29 is 4.79 Å². The van der Waals surface area contributed by atoms with E-state index in [2.05, 4.69) is 15.4 Å². The van der Waals surface area contributed by atoms with E-state index in [0.717, 1.165) is 12.0 Å². The third kappa shape index (κ3) is 3.14. The first kappa shape index (κ1) is 11.3. The summed E-state index contributed by atoms with van der Waals surface area (Å²) >= 11 is 0. The fourth-order valence-electron chi connectivity index (χ4n) is 1.51. The molecule has 0 saturated heterocycles. The van der Waals surface area contributed by atoms with Gasteiger partial charge < -0.3 is 5.32 Å². The second-order valence-electron chi connectivity index (χ2n) is 3.74. The molecule has 5 nitrogen and oxygen atoms in total. The number of hydrogen-bond acceptors (Lipinski definition) is 3. The monoisotopic (exact) mass is 230 g/mol. The summed E-state index contributed by atoms with van der Waals surface area (Å²) in [6.07, 6.45) is 6.11. The number of pyridine rings is 1. The lowest BCUT2D eigenvalue weighted by Crippen LogP contribution is -2.26. The number of hydrogen-bond donors (Lipinski definition) is 1. The summed E-state index contributed by atoms with van der Waals surface area (Å²) in [6, 6.07) is 5.27. The minimum absolute atomic E-state index is 0.144. The van der Waals surface area contributed by atoms with E-state index in [0.29, 0.717) is 12.2 Å². The van der Waals surface area contributed by atoms with Gasteiger partial charge in [-0.25, -0.2) is 0 Å². The van der Waals surface area contributed by atoms with Crippen LogP contribution in [0.5, 0.6) is 0 Å². The summed E-state index contributed by atoms with van der Waals surface area (Å²) < 4.78 is 1.75. The summed E-state index contributed by atoms with van der Waals surface area (Å²) in [7, 11) is 1.87. The van der Waals surface area contributed by atoms with Crippen LogP contribution in [-0.2, 0) is 13.5 Å². The third-order valence-electron chi connectivity index (χ3n) is 2.36. The highest BCUT2D eigenvalue weighted by atomic mass is 16.1. The molecule has 0 atom stereocenters. The highest BCUT2D eigenvalue weighted by Crippen LogP contribution is 1.97. The maximum absolute atomic E-state index is 11.6. The van der Waals surface area contributed by atoms with E-state index in [-0.39, 0.29) is 5.91 Å². The minimum Gasteiger partial charge on any atom is -0.350 e. The number of rotatable bonds is 4. The molecule has 1 N–H and O–H groups in total. The molecule has 0 spiro atoms. The Kier molecular flexibility index (Phi) is 3.49. The summed E-state index contributed by atoms with van der Waals surface area (Å²) in [6.45, 7) is 0.584. The zero-order valence-corrected chi connectivity index (χ0v) is 9.63. The first-order valence-corrected chi connectivity index (χ1v) is 5.42. The van der Waals surface area contributed by atoms with Gasteiger partial charge in [0.25, 0.3) is 5.91 Å². The molecule has 0 aromatic carbocycles. The molecule has 0 radical (unpaired) electrons. The van der Waals surface area contributed by atoms with Crippen molar-refractivity contribution in [3.63, 3.8) is 0 Å². The SMILES string of the molecule is Cn1cc(CCNC(=O)c2ccccn2)cn1. The van der Waals surface area contributed by atoms with Crippen molar-refractivity contribution >= 4 is 5.91 Å². The van der Waals surface area contributed by atoms with Gasteiger partial charge in [0.1, 0.15) is 5.69 Å². The lowest BCUT2D eigenvalue weighted by atomic mass is 10.2. The summed E-state index contributed by atoms with van der Waals surface area (Å²) in [5.41, 5.74) is 1.55. The van der Waals surface area contributed by atoms with Crippen molar-refractivity contribution in [2.24, 2.45) is 7.05 Å². The molecule has 0 aliphatic rings. The van der Waals surface area contributed by atoms with Crippen LogP contribution in [0.2, 0.25) is 0 Å². The molecule has 0 saturated carbocycles. The molecule has 2 aromatic rings. The quantitative estimate of drug-likeness (QED) is 0.844. The van der Waals surface area contributed by atoms with Crippen molar-refractivity contribution in [2.75, 3.05) is 6.54 Å². The summed E-state index contributed by atoms with van der Waals surface area (Å²) in [5, 5.41) is 6.88. The molecule has 0 unspecified atom stereocenters. The smallest absolute Gasteiger partial charge is 0.269 e. The average molecular weight is 230 g/mol. The standard InChI is InChI=1S/C12H14N4O/c1-16-9-10(8-15-16)5-7-14-12(17)11-4-2-3-6-13-11/h2-4,6,8-9H,5,7H2,1H3,(H,14,17). The molecule has 5 heteroatoms. The minimum atomic E-state index is -0.144. The normalized spacial score (nSPS) is 10.2. The Morgan fingerprint density at radius 2 is 2.35 bits per heavy atom. The highest BCUT2D eigenvalue weighted by Gasteiger charge is 2.05. The summed E-state index contributed by atoms with van der Waals surface area (Å²) in [4.78, 5) is 15.6. The lowest BCUT2D eigenvalue weighted by molar-refractivity contribution is 0.0949. The van der Waals surface area contributed by atoms with Crippen molar-refractivity contribution in [3.8, 4) is 0 Å². The van der Waals surface area contributed by atoms with Gasteiger partial charge in [0.2, 0.25) is 0 Å². The topological polar surface area (TPSA) is 59.8 Å². The number of nitrogens with one attached hydrogen (secondary N) is 1. The Labute approximate surface area is 99.5 Å². The Morgan fingerprint density at radius 3 is 3.00 bits per heavy atom. The number of amides is 1. The molecule has 2 heterocycles. The molecule has 2 aromatic heterocycles. The van der Waals surface area contributed by atoms with Crippen LogP contribution in [0.1, 0.15) is 16.1 Å². The fraction of sp³-hybridized carbons (Fsp3) is 0.250. The van der Waals surface area contributed by atoms with E-state index in [1.807, 2.05) is 13.2 Å². The molecular formula is C12H14N4O. The van der Waals surface area contributed by atoms with Gasteiger partial charge in [-0.3, -0.25) is 14.5 Å². The third-order valence-corrected chi connectivity index (χ3v) is 2.36. The number of aromatic nitrogens is 3. The Hall–Kier alpha value is -2.17. The molecule has 0 bridgehead atoms. The van der Waals surface area contributed by atoms with Gasteiger partial charge in [-0.1, -0.05) is 6.07 Å². The predicted molar refractivity (Wildman–Crippen MR) is 63.5 cm³/mol. The molecule has 0 fully saturated rings. The van der Waals surface area contributed by atoms with E-state index in [9.17, 15) is 4.79 Å². The highest BCUT2D eigenvalue weighted by molar-refractivity contribution is 5.92. The van der Waals surface area contributed by atoms with Crippen LogP contribution in [0.4, 0.5) is 0 Å². The van der Waals surface area contributed by atoms with E-state index in [1.54, 1.807) is 35.3 Å². The van der Waals surface area contributed by atoms with Gasteiger partial charge in [-0.2, -0.15) is 5.10 Å².